The lowest BCUT2D eigenvalue weighted by Crippen LogP contribution is -2.49. The summed E-state index contributed by atoms with van der Waals surface area (Å²) < 4.78 is 0. The predicted molar refractivity (Wildman–Crippen MR) is 65.7 cm³/mol. The average molecular weight is 229 g/mol. The van der Waals surface area contributed by atoms with Gasteiger partial charge in [0.2, 0.25) is 5.91 Å². The molecule has 1 amide bonds. The number of nitrogens with zero attached hydrogens (tertiary/aromatic N) is 3. The number of hydrogen-bond acceptors (Lipinski definition) is 3. The number of aryl methyl sites for hydroxylation is 1. The van der Waals surface area contributed by atoms with Gasteiger partial charge in [0, 0.05) is 20.1 Å². The lowest BCUT2D eigenvalue weighted by atomic mass is 10.1. The number of rotatable bonds is 1. The molecule has 1 fully saturated rings. The van der Waals surface area contributed by atoms with Crippen molar-refractivity contribution in [1.82, 2.24) is 4.90 Å². The molecule has 4 nitrogen and oxygen atoms in total. The van der Waals surface area contributed by atoms with E-state index in [1.807, 2.05) is 31.0 Å². The molecule has 4 heteroatoms. The Morgan fingerprint density at radius 1 is 1.35 bits per heavy atom. The third-order valence-corrected chi connectivity index (χ3v) is 3.13. The molecule has 0 saturated carbocycles. The van der Waals surface area contributed by atoms with Crippen LogP contribution in [0.25, 0.3) is 0 Å². The van der Waals surface area contributed by atoms with E-state index in [1.165, 1.54) is 0 Å². The molecule has 0 N–H and O–H groups in total. The standard InChI is InChI=1S/C13H15N3O/c1-10-4-3-5-11(8-14)13(10)16-7-6-15(2)12(17)9-16/h3-5H,6-7,9H2,1-2H3. The molecule has 0 aromatic heterocycles. The maximum absolute atomic E-state index is 11.7. The first-order valence-corrected chi connectivity index (χ1v) is 5.62. The van der Waals surface area contributed by atoms with Crippen molar-refractivity contribution in [3.8, 4) is 6.07 Å². The second-order valence-corrected chi connectivity index (χ2v) is 4.32. The van der Waals surface area contributed by atoms with Gasteiger partial charge in [-0.3, -0.25) is 4.79 Å². The summed E-state index contributed by atoms with van der Waals surface area (Å²) in [5, 5.41) is 9.12. The van der Waals surface area contributed by atoms with Crippen molar-refractivity contribution >= 4 is 11.6 Å². The van der Waals surface area contributed by atoms with Gasteiger partial charge in [0.25, 0.3) is 0 Å². The van der Waals surface area contributed by atoms with Gasteiger partial charge < -0.3 is 9.80 Å². The van der Waals surface area contributed by atoms with E-state index >= 15 is 0 Å². The summed E-state index contributed by atoms with van der Waals surface area (Å²) in [6.07, 6.45) is 0. The highest BCUT2D eigenvalue weighted by molar-refractivity contribution is 5.83. The van der Waals surface area contributed by atoms with Gasteiger partial charge in [0.15, 0.2) is 0 Å². The number of anilines is 1. The second kappa shape index (κ2) is 4.46. The average Bonchev–Trinajstić information content (AvgIpc) is 2.32. The van der Waals surface area contributed by atoms with Gasteiger partial charge in [0.1, 0.15) is 6.07 Å². The topological polar surface area (TPSA) is 47.3 Å². The van der Waals surface area contributed by atoms with Gasteiger partial charge in [0.05, 0.1) is 17.8 Å². The predicted octanol–water partition coefficient (Wildman–Crippen LogP) is 1.15. The highest BCUT2D eigenvalue weighted by Gasteiger charge is 2.23. The molecule has 17 heavy (non-hydrogen) atoms. The molecular formula is C13H15N3O. The minimum absolute atomic E-state index is 0.100. The highest BCUT2D eigenvalue weighted by atomic mass is 16.2. The number of carbonyl (C=O) groups is 1. The summed E-state index contributed by atoms with van der Waals surface area (Å²) in [4.78, 5) is 15.4. The third-order valence-electron chi connectivity index (χ3n) is 3.13. The Labute approximate surface area is 101 Å². The van der Waals surface area contributed by atoms with Crippen molar-refractivity contribution < 1.29 is 4.79 Å². The van der Waals surface area contributed by atoms with Gasteiger partial charge >= 0.3 is 0 Å². The Kier molecular flexibility index (Phi) is 3.01. The van der Waals surface area contributed by atoms with Gasteiger partial charge in [-0.15, -0.1) is 0 Å². The van der Waals surface area contributed by atoms with Crippen molar-refractivity contribution in [2.45, 2.75) is 6.92 Å². The van der Waals surface area contributed by atoms with Crippen LogP contribution in [0.1, 0.15) is 11.1 Å². The van der Waals surface area contributed by atoms with E-state index in [4.69, 9.17) is 5.26 Å². The van der Waals surface area contributed by atoms with Crippen molar-refractivity contribution in [1.29, 1.82) is 5.26 Å². The smallest absolute Gasteiger partial charge is 0.241 e. The zero-order chi connectivity index (χ0) is 12.4. The second-order valence-electron chi connectivity index (χ2n) is 4.32. The zero-order valence-electron chi connectivity index (χ0n) is 10.1. The normalized spacial score (nSPS) is 15.9. The largest absolute Gasteiger partial charge is 0.359 e. The van der Waals surface area contributed by atoms with Gasteiger partial charge in [-0.25, -0.2) is 0 Å². The highest BCUT2D eigenvalue weighted by Crippen LogP contribution is 2.25. The molecule has 1 aliphatic heterocycles. The first kappa shape index (κ1) is 11.5. The third kappa shape index (κ3) is 2.09. The molecule has 1 aromatic carbocycles. The molecule has 0 unspecified atom stereocenters. The van der Waals surface area contributed by atoms with Crippen LogP contribution in [0.5, 0.6) is 0 Å². The first-order chi connectivity index (χ1) is 8.13. The molecule has 88 valence electrons. The van der Waals surface area contributed by atoms with Crippen LogP contribution in [-0.2, 0) is 4.79 Å². The van der Waals surface area contributed by atoms with Crippen molar-refractivity contribution in [2.24, 2.45) is 0 Å². The molecule has 1 saturated heterocycles. The Bertz CT molecular complexity index is 490. The van der Waals surface area contributed by atoms with E-state index in [1.54, 1.807) is 11.0 Å². The fraction of sp³-hybridized carbons (Fsp3) is 0.385. The summed E-state index contributed by atoms with van der Waals surface area (Å²) in [6.45, 7) is 3.81. The van der Waals surface area contributed by atoms with E-state index in [0.29, 0.717) is 18.7 Å². The Morgan fingerprint density at radius 2 is 2.12 bits per heavy atom. The van der Waals surface area contributed by atoms with Crippen LogP contribution < -0.4 is 4.90 Å². The Hall–Kier alpha value is -2.02. The fourth-order valence-electron chi connectivity index (χ4n) is 2.12. The molecule has 0 bridgehead atoms. The molecule has 0 radical (unpaired) electrons. The molecule has 0 spiro atoms. The van der Waals surface area contributed by atoms with Crippen molar-refractivity contribution in [3.05, 3.63) is 29.3 Å². The number of likely N-dealkylation sites (N-methyl/N-ethyl adjacent to an activating group) is 1. The number of hydrogen-bond donors (Lipinski definition) is 0. The maximum atomic E-state index is 11.7. The van der Waals surface area contributed by atoms with Crippen LogP contribution >= 0.6 is 0 Å². The molecule has 1 aromatic rings. The summed E-state index contributed by atoms with van der Waals surface area (Å²) in [6, 6.07) is 7.83. The number of piperazine rings is 1. The van der Waals surface area contributed by atoms with Gasteiger partial charge in [-0.1, -0.05) is 12.1 Å². The van der Waals surface area contributed by atoms with Crippen molar-refractivity contribution in [3.63, 3.8) is 0 Å². The monoisotopic (exact) mass is 229 g/mol. The lowest BCUT2D eigenvalue weighted by molar-refractivity contribution is -0.129. The number of carbonyl (C=O) groups excluding carboxylic acids is 1. The lowest BCUT2D eigenvalue weighted by Gasteiger charge is -2.34. The summed E-state index contributed by atoms with van der Waals surface area (Å²) >= 11 is 0. The molecule has 2 rings (SSSR count). The van der Waals surface area contributed by atoms with Crippen LogP contribution in [0.3, 0.4) is 0 Å². The Balaban J connectivity index is 2.35. The SMILES string of the molecule is Cc1cccc(C#N)c1N1CCN(C)C(=O)C1. The fourth-order valence-corrected chi connectivity index (χ4v) is 2.12. The summed E-state index contributed by atoms with van der Waals surface area (Å²) in [5.74, 6) is 0.100. The van der Waals surface area contributed by atoms with Gasteiger partial charge in [-0.2, -0.15) is 5.26 Å². The minimum Gasteiger partial charge on any atom is -0.359 e. The van der Waals surface area contributed by atoms with Crippen LogP contribution in [0, 0.1) is 18.3 Å². The van der Waals surface area contributed by atoms with Crippen LogP contribution in [0.15, 0.2) is 18.2 Å². The minimum atomic E-state index is 0.100. The summed E-state index contributed by atoms with van der Waals surface area (Å²) in [5.41, 5.74) is 2.58. The molecule has 1 aliphatic rings. The number of para-hydroxylation sites is 1. The quantitative estimate of drug-likeness (QED) is 0.725. The number of nitriles is 1. The summed E-state index contributed by atoms with van der Waals surface area (Å²) in [7, 11) is 1.81. The first-order valence-electron chi connectivity index (χ1n) is 5.62. The van der Waals surface area contributed by atoms with Gasteiger partial charge in [-0.05, 0) is 18.6 Å². The maximum Gasteiger partial charge on any atom is 0.241 e. The molecular weight excluding hydrogens is 214 g/mol. The zero-order valence-corrected chi connectivity index (χ0v) is 10.1. The van der Waals surface area contributed by atoms with E-state index in [-0.39, 0.29) is 5.91 Å². The van der Waals surface area contributed by atoms with Crippen LogP contribution in [-0.4, -0.2) is 37.5 Å². The molecule has 1 heterocycles. The Morgan fingerprint density at radius 3 is 2.76 bits per heavy atom. The van der Waals surface area contributed by atoms with E-state index in [2.05, 4.69) is 6.07 Å². The van der Waals surface area contributed by atoms with Crippen molar-refractivity contribution in [2.75, 3.05) is 31.6 Å². The number of amides is 1. The number of benzene rings is 1. The molecule has 0 atom stereocenters. The van der Waals surface area contributed by atoms with E-state index < -0.39 is 0 Å². The van der Waals surface area contributed by atoms with E-state index in [9.17, 15) is 4.79 Å². The van der Waals surface area contributed by atoms with Crippen LogP contribution in [0.4, 0.5) is 5.69 Å². The molecule has 0 aliphatic carbocycles. The van der Waals surface area contributed by atoms with E-state index in [0.717, 1.165) is 17.8 Å². The van der Waals surface area contributed by atoms with Crippen LogP contribution in [0.2, 0.25) is 0 Å².